The van der Waals surface area contributed by atoms with Crippen LogP contribution in [-0.4, -0.2) is 29.2 Å². The minimum atomic E-state index is 0.294. The van der Waals surface area contributed by atoms with Gasteiger partial charge in [-0.1, -0.05) is 30.3 Å². The lowest BCUT2D eigenvalue weighted by molar-refractivity contribution is 0.0553. The van der Waals surface area contributed by atoms with Gasteiger partial charge in [0.15, 0.2) is 0 Å². The van der Waals surface area contributed by atoms with E-state index in [2.05, 4.69) is 51.3 Å². The molecular weight excluding hydrogens is 274 g/mol. The molecule has 0 saturated carbocycles. The van der Waals surface area contributed by atoms with Crippen molar-refractivity contribution in [3.8, 4) is 0 Å². The Hall–Kier alpha value is -2.33. The molecule has 4 nitrogen and oxygen atoms in total. The summed E-state index contributed by atoms with van der Waals surface area (Å²) in [7, 11) is 0. The molecule has 1 N–H and O–H groups in total. The highest BCUT2D eigenvalue weighted by Gasteiger charge is 2.23. The Morgan fingerprint density at radius 3 is 3.05 bits per heavy atom. The van der Waals surface area contributed by atoms with Crippen LogP contribution in [0.15, 0.2) is 54.9 Å². The van der Waals surface area contributed by atoms with E-state index in [1.54, 1.807) is 0 Å². The van der Waals surface area contributed by atoms with E-state index in [-0.39, 0.29) is 0 Å². The first-order valence-electron chi connectivity index (χ1n) is 7.72. The molecule has 1 aromatic carbocycles. The van der Waals surface area contributed by atoms with E-state index in [0.717, 1.165) is 30.5 Å². The van der Waals surface area contributed by atoms with Crippen molar-refractivity contribution in [3.63, 3.8) is 0 Å². The maximum Gasteiger partial charge on any atom is 0.137 e. The molecule has 4 heteroatoms. The van der Waals surface area contributed by atoms with Crippen LogP contribution in [0.3, 0.4) is 0 Å². The number of aromatic nitrogens is 2. The molecule has 1 saturated heterocycles. The van der Waals surface area contributed by atoms with Crippen LogP contribution in [-0.2, 0) is 11.3 Å². The predicted molar refractivity (Wildman–Crippen MR) is 87.9 cm³/mol. The second-order valence-corrected chi connectivity index (χ2v) is 5.76. The summed E-state index contributed by atoms with van der Waals surface area (Å²) in [5.74, 6) is 0. The highest BCUT2D eigenvalue weighted by Crippen LogP contribution is 2.24. The number of anilines is 1. The molecule has 3 heterocycles. The molecule has 1 aliphatic heterocycles. The summed E-state index contributed by atoms with van der Waals surface area (Å²) in [5, 5.41) is 1.16. The molecule has 0 aliphatic carbocycles. The van der Waals surface area contributed by atoms with Gasteiger partial charge in [0, 0.05) is 24.7 Å². The fourth-order valence-electron chi connectivity index (χ4n) is 2.99. The maximum atomic E-state index is 6.04. The van der Waals surface area contributed by atoms with Crippen LogP contribution >= 0.6 is 0 Å². The van der Waals surface area contributed by atoms with Gasteiger partial charge in [-0.2, -0.15) is 0 Å². The summed E-state index contributed by atoms with van der Waals surface area (Å²) in [6, 6.07) is 14.6. The summed E-state index contributed by atoms with van der Waals surface area (Å²) < 4.78 is 6.04. The van der Waals surface area contributed by atoms with Crippen molar-refractivity contribution in [2.24, 2.45) is 0 Å². The second kappa shape index (κ2) is 5.81. The lowest BCUT2D eigenvalue weighted by atomic mass is 10.2. The number of hydrogen-bond donors (Lipinski definition) is 1. The van der Waals surface area contributed by atoms with Crippen molar-refractivity contribution < 1.29 is 4.74 Å². The molecule has 1 fully saturated rings. The van der Waals surface area contributed by atoms with Gasteiger partial charge in [-0.15, -0.1) is 0 Å². The Labute approximate surface area is 129 Å². The van der Waals surface area contributed by atoms with E-state index in [4.69, 9.17) is 4.74 Å². The van der Waals surface area contributed by atoms with Gasteiger partial charge in [-0.05, 0) is 24.1 Å². The van der Waals surface area contributed by atoms with E-state index >= 15 is 0 Å². The van der Waals surface area contributed by atoms with Gasteiger partial charge < -0.3 is 14.6 Å². The van der Waals surface area contributed by atoms with E-state index < -0.39 is 0 Å². The van der Waals surface area contributed by atoms with Crippen molar-refractivity contribution in [2.75, 3.05) is 18.0 Å². The zero-order valence-electron chi connectivity index (χ0n) is 12.4. The summed E-state index contributed by atoms with van der Waals surface area (Å²) >= 11 is 0. The number of rotatable bonds is 4. The third-order valence-electron chi connectivity index (χ3n) is 4.22. The van der Waals surface area contributed by atoms with Crippen LogP contribution in [0.25, 0.3) is 11.0 Å². The van der Waals surface area contributed by atoms with E-state index in [9.17, 15) is 0 Å². The van der Waals surface area contributed by atoms with E-state index in [1.807, 2.05) is 18.5 Å². The molecule has 112 valence electrons. The first kappa shape index (κ1) is 13.3. The maximum absolute atomic E-state index is 6.04. The van der Waals surface area contributed by atoms with Gasteiger partial charge >= 0.3 is 0 Å². The molecule has 3 aromatic rings. The molecule has 0 radical (unpaired) electrons. The number of nitrogens with zero attached hydrogens (tertiary/aromatic N) is 2. The van der Waals surface area contributed by atoms with Gasteiger partial charge in [0.05, 0.1) is 24.6 Å². The molecule has 22 heavy (non-hydrogen) atoms. The quantitative estimate of drug-likeness (QED) is 0.802. The van der Waals surface area contributed by atoms with Gasteiger partial charge in [0.25, 0.3) is 0 Å². The zero-order chi connectivity index (χ0) is 14.8. The molecular formula is C18H19N3O. The summed E-state index contributed by atoms with van der Waals surface area (Å²) in [6.45, 7) is 2.65. The van der Waals surface area contributed by atoms with Crippen LogP contribution in [0.1, 0.15) is 12.0 Å². The number of benzene rings is 1. The SMILES string of the molecule is c1ccc(COC2CCN(c3cnc4[nH]ccc4c3)C2)cc1. The minimum absolute atomic E-state index is 0.294. The van der Waals surface area contributed by atoms with E-state index in [1.165, 1.54) is 11.3 Å². The number of H-pyrrole nitrogens is 1. The van der Waals surface area contributed by atoms with Gasteiger partial charge in [0.1, 0.15) is 5.65 Å². The molecule has 0 amide bonds. The summed E-state index contributed by atoms with van der Waals surface area (Å²) in [6.07, 6.45) is 5.23. The largest absolute Gasteiger partial charge is 0.372 e. The first-order chi connectivity index (χ1) is 10.9. The van der Waals surface area contributed by atoms with Crippen molar-refractivity contribution in [1.29, 1.82) is 0 Å². The topological polar surface area (TPSA) is 41.1 Å². The van der Waals surface area contributed by atoms with Crippen LogP contribution in [0.2, 0.25) is 0 Å². The first-order valence-corrected chi connectivity index (χ1v) is 7.72. The molecule has 2 aromatic heterocycles. The fourth-order valence-corrected chi connectivity index (χ4v) is 2.99. The van der Waals surface area contributed by atoms with Crippen LogP contribution in [0.5, 0.6) is 0 Å². The smallest absolute Gasteiger partial charge is 0.137 e. The third kappa shape index (κ3) is 2.70. The molecule has 1 atom stereocenters. The lowest BCUT2D eigenvalue weighted by Crippen LogP contribution is -2.22. The van der Waals surface area contributed by atoms with Crippen molar-refractivity contribution in [2.45, 2.75) is 19.1 Å². The highest BCUT2D eigenvalue weighted by atomic mass is 16.5. The molecule has 1 aliphatic rings. The number of ether oxygens (including phenoxy) is 1. The number of aromatic amines is 1. The molecule has 4 rings (SSSR count). The summed E-state index contributed by atoms with van der Waals surface area (Å²) in [4.78, 5) is 9.95. The van der Waals surface area contributed by atoms with Crippen LogP contribution in [0, 0.1) is 0 Å². The Morgan fingerprint density at radius 1 is 1.23 bits per heavy atom. The third-order valence-corrected chi connectivity index (χ3v) is 4.22. The van der Waals surface area contributed by atoms with Crippen molar-refractivity contribution >= 4 is 16.7 Å². The number of hydrogen-bond acceptors (Lipinski definition) is 3. The minimum Gasteiger partial charge on any atom is -0.372 e. The van der Waals surface area contributed by atoms with Gasteiger partial charge in [0.2, 0.25) is 0 Å². The summed E-state index contributed by atoms with van der Waals surface area (Å²) in [5.41, 5.74) is 3.36. The Balaban J connectivity index is 1.39. The average Bonchev–Trinajstić information content (AvgIpc) is 3.22. The van der Waals surface area contributed by atoms with Crippen molar-refractivity contribution in [1.82, 2.24) is 9.97 Å². The van der Waals surface area contributed by atoms with E-state index in [0.29, 0.717) is 12.7 Å². The standard InChI is InChI=1S/C18H19N3O/c1-2-4-14(5-3-1)13-22-17-7-9-21(12-17)16-10-15-6-8-19-18(15)20-11-16/h1-6,8,10-11,17H,7,9,12-13H2,(H,19,20). The van der Waals surface area contributed by atoms with Gasteiger partial charge in [-0.25, -0.2) is 4.98 Å². The lowest BCUT2D eigenvalue weighted by Gasteiger charge is -2.18. The highest BCUT2D eigenvalue weighted by molar-refractivity contribution is 5.79. The number of fused-ring (bicyclic) bond motifs is 1. The second-order valence-electron chi connectivity index (χ2n) is 5.76. The zero-order valence-corrected chi connectivity index (χ0v) is 12.4. The van der Waals surface area contributed by atoms with Crippen LogP contribution in [0.4, 0.5) is 5.69 Å². The molecule has 1 unspecified atom stereocenters. The average molecular weight is 293 g/mol. The molecule has 0 spiro atoms. The Kier molecular flexibility index (Phi) is 3.52. The Morgan fingerprint density at radius 2 is 2.14 bits per heavy atom. The normalized spacial score (nSPS) is 18.2. The van der Waals surface area contributed by atoms with Crippen LogP contribution < -0.4 is 4.90 Å². The van der Waals surface area contributed by atoms with Crippen molar-refractivity contribution in [3.05, 3.63) is 60.4 Å². The Bertz CT molecular complexity index is 753. The predicted octanol–water partition coefficient (Wildman–Crippen LogP) is 3.36. The monoisotopic (exact) mass is 293 g/mol. The molecule has 0 bridgehead atoms. The fraction of sp³-hybridized carbons (Fsp3) is 0.278. The number of nitrogens with one attached hydrogen (secondary N) is 1. The van der Waals surface area contributed by atoms with Gasteiger partial charge in [-0.3, -0.25) is 0 Å². The number of pyridine rings is 1.